The fourth-order valence-electron chi connectivity index (χ4n) is 5.33. The van der Waals surface area contributed by atoms with Crippen LogP contribution in [0.3, 0.4) is 0 Å². The van der Waals surface area contributed by atoms with E-state index in [4.69, 9.17) is 10.5 Å². The van der Waals surface area contributed by atoms with E-state index in [-0.39, 0.29) is 5.60 Å². The maximum absolute atomic E-state index is 6.51. The molecule has 4 unspecified atom stereocenters. The number of nitrogens with two attached hydrogens (primary N) is 1. The zero-order valence-electron chi connectivity index (χ0n) is 13.3. The van der Waals surface area contributed by atoms with Gasteiger partial charge in [-0.2, -0.15) is 0 Å². The van der Waals surface area contributed by atoms with E-state index in [2.05, 4.69) is 6.92 Å². The van der Waals surface area contributed by atoms with E-state index in [1.165, 1.54) is 70.6 Å². The molecule has 3 rings (SSSR count). The quantitative estimate of drug-likeness (QED) is 0.837. The third kappa shape index (κ3) is 3.06. The van der Waals surface area contributed by atoms with Crippen LogP contribution in [0.25, 0.3) is 0 Å². The Hall–Kier alpha value is -0.0800. The zero-order valence-corrected chi connectivity index (χ0v) is 13.3. The van der Waals surface area contributed by atoms with Crippen LogP contribution in [0.5, 0.6) is 0 Å². The molecule has 2 aliphatic carbocycles. The molecular weight excluding hydrogens is 246 g/mol. The van der Waals surface area contributed by atoms with Gasteiger partial charge < -0.3 is 10.5 Å². The maximum atomic E-state index is 6.51. The number of ether oxygens (including phenoxy) is 1. The van der Waals surface area contributed by atoms with Crippen LogP contribution in [0.2, 0.25) is 0 Å². The molecule has 2 saturated carbocycles. The first-order chi connectivity index (χ1) is 9.72. The number of hydrogen-bond acceptors (Lipinski definition) is 2. The fourth-order valence-corrected chi connectivity index (χ4v) is 5.33. The van der Waals surface area contributed by atoms with Gasteiger partial charge in [0, 0.05) is 12.6 Å². The van der Waals surface area contributed by atoms with Gasteiger partial charge in [-0.25, -0.2) is 0 Å². The first kappa shape index (κ1) is 14.8. The lowest BCUT2D eigenvalue weighted by atomic mass is 9.67. The van der Waals surface area contributed by atoms with Gasteiger partial charge in [0.1, 0.15) is 0 Å². The van der Waals surface area contributed by atoms with Gasteiger partial charge in [-0.3, -0.25) is 0 Å². The third-order valence-electron chi connectivity index (χ3n) is 6.41. The molecule has 1 saturated heterocycles. The van der Waals surface area contributed by atoms with E-state index < -0.39 is 0 Å². The minimum absolute atomic E-state index is 0.264. The molecule has 0 aromatic rings. The highest BCUT2D eigenvalue weighted by atomic mass is 16.5. The van der Waals surface area contributed by atoms with E-state index in [0.29, 0.717) is 6.04 Å². The van der Waals surface area contributed by atoms with E-state index >= 15 is 0 Å². The molecule has 116 valence electrons. The molecule has 4 atom stereocenters. The van der Waals surface area contributed by atoms with Crippen LogP contribution in [0.15, 0.2) is 0 Å². The Morgan fingerprint density at radius 3 is 2.70 bits per heavy atom. The Bertz CT molecular complexity index is 311. The minimum Gasteiger partial charge on any atom is -0.375 e. The Morgan fingerprint density at radius 1 is 1.15 bits per heavy atom. The summed E-state index contributed by atoms with van der Waals surface area (Å²) in [4.78, 5) is 0. The molecule has 1 aliphatic heterocycles. The summed E-state index contributed by atoms with van der Waals surface area (Å²) in [5.74, 6) is 2.57. The SMILES string of the molecule is CCCC1CCC(N)C(C2CCOC3(CCCC3)C2)C1. The lowest BCUT2D eigenvalue weighted by molar-refractivity contribution is -0.107. The van der Waals surface area contributed by atoms with Crippen LogP contribution in [0.1, 0.15) is 77.6 Å². The van der Waals surface area contributed by atoms with Crippen molar-refractivity contribution in [2.75, 3.05) is 6.61 Å². The summed E-state index contributed by atoms with van der Waals surface area (Å²) in [6, 6.07) is 0.463. The highest BCUT2D eigenvalue weighted by Gasteiger charge is 2.44. The van der Waals surface area contributed by atoms with Crippen molar-refractivity contribution in [3.63, 3.8) is 0 Å². The fraction of sp³-hybridized carbons (Fsp3) is 1.00. The first-order valence-electron chi connectivity index (χ1n) is 9.12. The zero-order chi connectivity index (χ0) is 14.0. The summed E-state index contributed by atoms with van der Waals surface area (Å²) in [6.45, 7) is 3.32. The van der Waals surface area contributed by atoms with Crippen molar-refractivity contribution in [3.8, 4) is 0 Å². The second kappa shape index (κ2) is 6.36. The molecule has 0 radical (unpaired) electrons. The van der Waals surface area contributed by atoms with Gasteiger partial charge in [0.25, 0.3) is 0 Å². The molecular formula is C18H33NO. The smallest absolute Gasteiger partial charge is 0.0685 e. The van der Waals surface area contributed by atoms with Gasteiger partial charge in [0.15, 0.2) is 0 Å². The van der Waals surface area contributed by atoms with Crippen LogP contribution in [0, 0.1) is 17.8 Å². The summed E-state index contributed by atoms with van der Waals surface area (Å²) >= 11 is 0. The lowest BCUT2D eigenvalue weighted by Crippen LogP contribution is -2.46. The molecule has 0 aromatic heterocycles. The van der Waals surface area contributed by atoms with E-state index in [9.17, 15) is 0 Å². The van der Waals surface area contributed by atoms with Crippen LogP contribution in [-0.4, -0.2) is 18.2 Å². The largest absolute Gasteiger partial charge is 0.375 e. The molecule has 20 heavy (non-hydrogen) atoms. The average Bonchev–Trinajstić information content (AvgIpc) is 2.89. The second-order valence-corrected chi connectivity index (χ2v) is 7.79. The van der Waals surface area contributed by atoms with Crippen molar-refractivity contribution in [3.05, 3.63) is 0 Å². The van der Waals surface area contributed by atoms with E-state index in [1.54, 1.807) is 0 Å². The lowest BCUT2D eigenvalue weighted by Gasteiger charge is -2.45. The number of hydrogen-bond donors (Lipinski definition) is 1. The first-order valence-corrected chi connectivity index (χ1v) is 9.12. The van der Waals surface area contributed by atoms with Gasteiger partial charge in [-0.1, -0.05) is 32.6 Å². The van der Waals surface area contributed by atoms with Gasteiger partial charge in [-0.15, -0.1) is 0 Å². The van der Waals surface area contributed by atoms with Crippen LogP contribution in [0.4, 0.5) is 0 Å². The average molecular weight is 279 g/mol. The summed E-state index contributed by atoms with van der Waals surface area (Å²) in [6.07, 6.45) is 14.7. The van der Waals surface area contributed by atoms with Gasteiger partial charge in [0.05, 0.1) is 5.60 Å². The van der Waals surface area contributed by atoms with Gasteiger partial charge in [0.2, 0.25) is 0 Å². The van der Waals surface area contributed by atoms with E-state index in [1.807, 2.05) is 0 Å². The molecule has 1 heterocycles. The Labute approximate surface area is 124 Å². The summed E-state index contributed by atoms with van der Waals surface area (Å²) in [5.41, 5.74) is 6.78. The highest BCUT2D eigenvalue weighted by molar-refractivity contribution is 4.96. The summed E-state index contributed by atoms with van der Waals surface area (Å²) < 4.78 is 6.22. The van der Waals surface area contributed by atoms with Crippen molar-refractivity contribution in [1.29, 1.82) is 0 Å². The summed E-state index contributed by atoms with van der Waals surface area (Å²) in [5, 5.41) is 0. The minimum atomic E-state index is 0.264. The van der Waals surface area contributed by atoms with Crippen molar-refractivity contribution in [1.82, 2.24) is 0 Å². The molecule has 2 N–H and O–H groups in total. The van der Waals surface area contributed by atoms with Crippen molar-refractivity contribution in [2.24, 2.45) is 23.5 Å². The topological polar surface area (TPSA) is 35.2 Å². The molecule has 0 aromatic carbocycles. The van der Waals surface area contributed by atoms with Crippen molar-refractivity contribution < 1.29 is 4.74 Å². The molecule has 2 nitrogen and oxygen atoms in total. The van der Waals surface area contributed by atoms with E-state index in [0.717, 1.165) is 24.4 Å². The van der Waals surface area contributed by atoms with Gasteiger partial charge in [-0.05, 0) is 62.7 Å². The van der Waals surface area contributed by atoms with Crippen molar-refractivity contribution >= 4 is 0 Å². The van der Waals surface area contributed by atoms with Crippen LogP contribution < -0.4 is 5.73 Å². The molecule has 0 amide bonds. The standard InChI is InChI=1S/C18H33NO/c1-2-5-14-6-7-17(19)16(12-14)15-8-11-20-18(13-15)9-3-4-10-18/h14-17H,2-13,19H2,1H3. The molecule has 3 fully saturated rings. The Kier molecular flexibility index (Phi) is 4.72. The Balaban J connectivity index is 1.64. The van der Waals surface area contributed by atoms with Crippen molar-refractivity contribution in [2.45, 2.75) is 89.2 Å². The Morgan fingerprint density at radius 2 is 1.95 bits per heavy atom. The maximum Gasteiger partial charge on any atom is 0.0685 e. The van der Waals surface area contributed by atoms with Crippen LogP contribution >= 0.6 is 0 Å². The summed E-state index contributed by atoms with van der Waals surface area (Å²) in [7, 11) is 0. The second-order valence-electron chi connectivity index (χ2n) is 7.79. The van der Waals surface area contributed by atoms with Gasteiger partial charge >= 0.3 is 0 Å². The molecule has 2 heteroatoms. The highest BCUT2D eigenvalue weighted by Crippen LogP contribution is 2.47. The number of rotatable bonds is 3. The predicted molar refractivity (Wildman–Crippen MR) is 83.6 cm³/mol. The third-order valence-corrected chi connectivity index (χ3v) is 6.41. The molecule has 1 spiro atoms. The monoisotopic (exact) mass is 279 g/mol. The normalized spacial score (nSPS) is 41.1. The van der Waals surface area contributed by atoms with Crippen LogP contribution in [-0.2, 0) is 4.74 Å². The molecule has 0 bridgehead atoms. The molecule has 3 aliphatic rings. The predicted octanol–water partition coefficient (Wildman–Crippen LogP) is 4.27.